The van der Waals surface area contributed by atoms with Crippen molar-refractivity contribution >= 4 is 27.3 Å². The largest absolute Gasteiger partial charge is 0.396 e. The van der Waals surface area contributed by atoms with E-state index in [2.05, 4.69) is 16.6 Å². The molecule has 0 saturated carbocycles. The van der Waals surface area contributed by atoms with Crippen LogP contribution in [0, 0.1) is 17.7 Å². The summed E-state index contributed by atoms with van der Waals surface area (Å²) in [4.78, 5) is -0.268. The van der Waals surface area contributed by atoms with Crippen LogP contribution < -0.4 is 10.5 Å². The molecule has 1 rings (SSSR count). The van der Waals surface area contributed by atoms with Crippen LogP contribution >= 0.6 is 11.6 Å². The average molecular weight is 277 g/mol. The van der Waals surface area contributed by atoms with Gasteiger partial charge >= 0.3 is 0 Å². The predicted octanol–water partition coefficient (Wildman–Crippen LogP) is 1.36. The Morgan fingerprint density at radius 1 is 1.53 bits per heavy atom. The summed E-state index contributed by atoms with van der Waals surface area (Å²) in [6.45, 7) is 1.53. The molecule has 0 atom stereocenters. The van der Waals surface area contributed by atoms with Gasteiger partial charge in [0.25, 0.3) is 0 Å². The van der Waals surface area contributed by atoms with Crippen LogP contribution in [0.15, 0.2) is 17.0 Å². The third-order valence-electron chi connectivity index (χ3n) is 1.87. The van der Waals surface area contributed by atoms with Gasteiger partial charge in [-0.05, 0) is 19.1 Å². The van der Waals surface area contributed by atoms with Gasteiger partial charge in [0.15, 0.2) is 0 Å². The molecule has 1 aromatic carbocycles. The quantitative estimate of drug-likeness (QED) is 0.647. The molecule has 92 valence electrons. The topological polar surface area (TPSA) is 72.2 Å². The zero-order valence-electron chi connectivity index (χ0n) is 8.92. The normalized spacial score (nSPS) is 10.8. The summed E-state index contributed by atoms with van der Waals surface area (Å²) in [7, 11) is -3.83. The maximum atomic E-state index is 13.0. The van der Waals surface area contributed by atoms with Gasteiger partial charge in [-0.2, -0.15) is 4.72 Å². The molecule has 0 aliphatic rings. The molecule has 0 saturated heterocycles. The highest BCUT2D eigenvalue weighted by molar-refractivity contribution is 7.89. The third-order valence-corrected chi connectivity index (χ3v) is 3.73. The third kappa shape index (κ3) is 3.33. The second-order valence-corrected chi connectivity index (χ2v) is 5.20. The highest BCUT2D eigenvalue weighted by Crippen LogP contribution is 2.25. The molecular weight excluding hydrogens is 267 g/mol. The minimum Gasteiger partial charge on any atom is -0.396 e. The minimum absolute atomic E-state index is 0.0492. The summed E-state index contributed by atoms with van der Waals surface area (Å²) in [6, 6.07) is 1.83. The number of sulfonamides is 1. The van der Waals surface area contributed by atoms with Crippen molar-refractivity contribution in [2.75, 3.05) is 12.3 Å². The van der Waals surface area contributed by atoms with Crippen molar-refractivity contribution in [3.05, 3.63) is 23.0 Å². The average Bonchev–Trinajstić information content (AvgIpc) is 2.23. The van der Waals surface area contributed by atoms with Crippen LogP contribution in [0.1, 0.15) is 6.92 Å². The van der Waals surface area contributed by atoms with Crippen LogP contribution in [-0.4, -0.2) is 15.0 Å². The molecule has 7 heteroatoms. The molecule has 0 aliphatic heterocycles. The first-order valence-corrected chi connectivity index (χ1v) is 6.38. The predicted molar refractivity (Wildman–Crippen MR) is 64.5 cm³/mol. The standard InChI is InChI=1S/C10H10ClFN2O2S/c1-2-3-4-14-17(15,16)10-6-9(13)8(12)5-7(10)11/h5-6,14H,4,13H2,1H3. The van der Waals surface area contributed by atoms with Crippen molar-refractivity contribution in [2.45, 2.75) is 11.8 Å². The Hall–Kier alpha value is -1.29. The first kappa shape index (κ1) is 13.8. The molecule has 0 heterocycles. The van der Waals surface area contributed by atoms with Crippen LogP contribution in [0.3, 0.4) is 0 Å². The lowest BCUT2D eigenvalue weighted by atomic mass is 10.3. The second-order valence-electron chi connectivity index (χ2n) is 3.06. The number of nitrogens with one attached hydrogen (secondary N) is 1. The first-order valence-electron chi connectivity index (χ1n) is 4.52. The Bertz CT molecular complexity index is 590. The van der Waals surface area contributed by atoms with E-state index in [1.54, 1.807) is 6.92 Å². The minimum atomic E-state index is -3.83. The van der Waals surface area contributed by atoms with E-state index in [1.807, 2.05) is 0 Å². The van der Waals surface area contributed by atoms with E-state index in [4.69, 9.17) is 17.3 Å². The monoisotopic (exact) mass is 276 g/mol. The lowest BCUT2D eigenvalue weighted by Gasteiger charge is -2.07. The SMILES string of the molecule is CC#CCNS(=O)(=O)c1cc(N)c(F)cc1Cl. The van der Waals surface area contributed by atoms with Gasteiger partial charge in [-0.1, -0.05) is 17.5 Å². The highest BCUT2D eigenvalue weighted by Gasteiger charge is 2.19. The Labute approximate surface area is 104 Å². The van der Waals surface area contributed by atoms with Crippen LogP contribution in [-0.2, 0) is 10.0 Å². The molecule has 0 unspecified atom stereocenters. The molecule has 17 heavy (non-hydrogen) atoms. The van der Waals surface area contributed by atoms with E-state index in [9.17, 15) is 12.8 Å². The number of hydrogen-bond acceptors (Lipinski definition) is 3. The first-order chi connectivity index (χ1) is 7.88. The summed E-state index contributed by atoms with van der Waals surface area (Å²) in [5.74, 6) is 4.30. The smallest absolute Gasteiger partial charge is 0.243 e. The van der Waals surface area contributed by atoms with Gasteiger partial charge in [-0.15, -0.1) is 5.92 Å². The molecule has 0 spiro atoms. The van der Waals surface area contributed by atoms with Crippen molar-refractivity contribution in [2.24, 2.45) is 0 Å². The number of halogens is 2. The highest BCUT2D eigenvalue weighted by atomic mass is 35.5. The van der Waals surface area contributed by atoms with E-state index >= 15 is 0 Å². The zero-order chi connectivity index (χ0) is 13.1. The Morgan fingerprint density at radius 2 is 2.18 bits per heavy atom. The van der Waals surface area contributed by atoms with Gasteiger partial charge in [0, 0.05) is 0 Å². The summed E-state index contributed by atoms with van der Waals surface area (Å²) in [6.07, 6.45) is 0. The van der Waals surface area contributed by atoms with Crippen molar-refractivity contribution in [3.63, 3.8) is 0 Å². The lowest BCUT2D eigenvalue weighted by Crippen LogP contribution is -2.24. The molecule has 0 radical (unpaired) electrons. The van der Waals surface area contributed by atoms with Crippen molar-refractivity contribution in [3.8, 4) is 11.8 Å². The van der Waals surface area contributed by atoms with E-state index in [0.717, 1.165) is 12.1 Å². The summed E-state index contributed by atoms with van der Waals surface area (Å²) < 4.78 is 38.7. The number of hydrogen-bond donors (Lipinski definition) is 2. The van der Waals surface area contributed by atoms with Gasteiger partial charge in [-0.25, -0.2) is 12.8 Å². The Kier molecular flexibility index (Phi) is 4.34. The van der Waals surface area contributed by atoms with Crippen molar-refractivity contribution < 1.29 is 12.8 Å². The van der Waals surface area contributed by atoms with Gasteiger partial charge in [-0.3, -0.25) is 0 Å². The maximum Gasteiger partial charge on any atom is 0.243 e. The van der Waals surface area contributed by atoms with Crippen molar-refractivity contribution in [1.29, 1.82) is 0 Å². The van der Waals surface area contributed by atoms with Crippen LogP contribution in [0.5, 0.6) is 0 Å². The number of nitrogen functional groups attached to an aromatic ring is 1. The number of rotatable bonds is 3. The van der Waals surface area contributed by atoms with E-state index < -0.39 is 15.8 Å². The van der Waals surface area contributed by atoms with Crippen LogP contribution in [0.25, 0.3) is 0 Å². The van der Waals surface area contributed by atoms with Gasteiger partial charge < -0.3 is 5.73 Å². The number of nitrogens with two attached hydrogens (primary N) is 1. The molecule has 0 aromatic heterocycles. The molecule has 4 nitrogen and oxygen atoms in total. The number of benzene rings is 1. The van der Waals surface area contributed by atoms with Gasteiger partial charge in [0.2, 0.25) is 10.0 Å². The molecule has 3 N–H and O–H groups in total. The van der Waals surface area contributed by atoms with E-state index in [-0.39, 0.29) is 22.2 Å². The fraction of sp³-hybridized carbons (Fsp3) is 0.200. The zero-order valence-corrected chi connectivity index (χ0v) is 10.5. The molecule has 0 amide bonds. The van der Waals surface area contributed by atoms with Gasteiger partial charge in [0.05, 0.1) is 17.3 Å². The Morgan fingerprint density at radius 3 is 2.76 bits per heavy atom. The fourth-order valence-electron chi connectivity index (χ4n) is 1.05. The molecule has 1 aromatic rings. The second kappa shape index (κ2) is 5.36. The van der Waals surface area contributed by atoms with Crippen LogP contribution in [0.2, 0.25) is 5.02 Å². The van der Waals surface area contributed by atoms with E-state index in [0.29, 0.717) is 0 Å². The van der Waals surface area contributed by atoms with Crippen LogP contribution in [0.4, 0.5) is 10.1 Å². The Balaban J connectivity index is 3.14. The van der Waals surface area contributed by atoms with Gasteiger partial charge in [0.1, 0.15) is 10.7 Å². The van der Waals surface area contributed by atoms with E-state index in [1.165, 1.54) is 0 Å². The number of anilines is 1. The van der Waals surface area contributed by atoms with Crippen molar-refractivity contribution in [1.82, 2.24) is 4.72 Å². The summed E-state index contributed by atoms with van der Waals surface area (Å²) in [5, 5.41) is -0.228. The summed E-state index contributed by atoms with van der Waals surface area (Å²) >= 11 is 5.65. The molecular formula is C10H10ClFN2O2S. The molecule has 0 fully saturated rings. The lowest BCUT2D eigenvalue weighted by molar-refractivity contribution is 0.585. The summed E-state index contributed by atoms with van der Waals surface area (Å²) in [5.41, 5.74) is 5.01. The maximum absolute atomic E-state index is 13.0. The molecule has 0 bridgehead atoms. The molecule has 0 aliphatic carbocycles. The fourth-order valence-corrected chi connectivity index (χ4v) is 2.52.